The van der Waals surface area contributed by atoms with Gasteiger partial charge in [0.2, 0.25) is 10.0 Å². The van der Waals surface area contributed by atoms with Crippen LogP contribution in [-0.4, -0.2) is 51.8 Å². The van der Waals surface area contributed by atoms with Crippen molar-refractivity contribution in [1.29, 1.82) is 0 Å². The van der Waals surface area contributed by atoms with Crippen LogP contribution in [0.4, 0.5) is 0 Å². The van der Waals surface area contributed by atoms with E-state index in [9.17, 15) is 8.42 Å². The monoisotopic (exact) mass is 278 g/mol. The van der Waals surface area contributed by atoms with E-state index in [0.717, 1.165) is 38.7 Å². The second kappa shape index (κ2) is 7.43. The fraction of sp³-hybridized carbons (Fsp3) is 1.00. The lowest BCUT2D eigenvalue weighted by molar-refractivity contribution is 0.186. The van der Waals surface area contributed by atoms with E-state index in [2.05, 4.69) is 0 Å². The van der Waals surface area contributed by atoms with Gasteiger partial charge in [0.15, 0.2) is 0 Å². The Morgan fingerprint density at radius 1 is 1.50 bits per heavy atom. The largest absolute Gasteiger partial charge is 0.385 e. The molecular formula is C12H26N2O3S. The van der Waals surface area contributed by atoms with Crippen molar-refractivity contribution >= 4 is 10.0 Å². The Bertz CT molecular complexity index is 332. The topological polar surface area (TPSA) is 72.6 Å². The molecule has 0 bridgehead atoms. The Morgan fingerprint density at radius 2 is 2.22 bits per heavy atom. The highest BCUT2D eigenvalue weighted by Crippen LogP contribution is 2.23. The van der Waals surface area contributed by atoms with Gasteiger partial charge in [-0.1, -0.05) is 0 Å². The third-order valence-corrected chi connectivity index (χ3v) is 4.78. The van der Waals surface area contributed by atoms with Crippen LogP contribution in [-0.2, 0) is 14.8 Å². The smallest absolute Gasteiger partial charge is 0.211 e. The summed E-state index contributed by atoms with van der Waals surface area (Å²) in [7, 11) is -1.35. The van der Waals surface area contributed by atoms with Crippen LogP contribution in [0.2, 0.25) is 0 Å². The molecule has 1 saturated heterocycles. The normalized spacial score (nSPS) is 24.1. The molecule has 5 nitrogen and oxygen atoms in total. The number of hydrogen-bond donors (Lipinski definition) is 1. The van der Waals surface area contributed by atoms with Crippen LogP contribution in [0.25, 0.3) is 0 Å². The highest BCUT2D eigenvalue weighted by atomic mass is 32.2. The molecule has 1 aliphatic rings. The second-order valence-corrected chi connectivity index (χ2v) is 7.24. The zero-order valence-corrected chi connectivity index (χ0v) is 12.3. The number of sulfonamides is 1. The molecule has 18 heavy (non-hydrogen) atoms. The maximum atomic E-state index is 11.5. The number of piperidine rings is 1. The maximum Gasteiger partial charge on any atom is 0.211 e. The molecule has 1 aliphatic heterocycles. The zero-order valence-electron chi connectivity index (χ0n) is 11.5. The predicted molar refractivity (Wildman–Crippen MR) is 72.8 cm³/mol. The minimum Gasteiger partial charge on any atom is -0.385 e. The molecular weight excluding hydrogens is 252 g/mol. The zero-order chi connectivity index (χ0) is 13.6. The summed E-state index contributed by atoms with van der Waals surface area (Å²) < 4.78 is 29.6. The second-order valence-electron chi connectivity index (χ2n) is 5.26. The van der Waals surface area contributed by atoms with Crippen molar-refractivity contribution in [2.45, 2.75) is 38.1 Å². The summed E-state index contributed by atoms with van der Waals surface area (Å²) in [5.41, 5.74) is 6.08. The van der Waals surface area contributed by atoms with Crippen molar-refractivity contribution in [2.75, 3.05) is 33.1 Å². The van der Waals surface area contributed by atoms with E-state index in [4.69, 9.17) is 10.5 Å². The Balaban J connectivity index is 2.33. The average molecular weight is 278 g/mol. The molecule has 6 heteroatoms. The van der Waals surface area contributed by atoms with Gasteiger partial charge < -0.3 is 10.5 Å². The molecule has 2 atom stereocenters. The van der Waals surface area contributed by atoms with E-state index in [1.54, 1.807) is 11.4 Å². The molecule has 1 fully saturated rings. The van der Waals surface area contributed by atoms with Crippen LogP contribution < -0.4 is 5.73 Å². The molecule has 2 N–H and O–H groups in total. The number of hydrogen-bond acceptors (Lipinski definition) is 4. The maximum absolute atomic E-state index is 11.5. The lowest BCUT2D eigenvalue weighted by atomic mass is 9.91. The molecule has 1 heterocycles. The Morgan fingerprint density at radius 3 is 2.83 bits per heavy atom. The van der Waals surface area contributed by atoms with Gasteiger partial charge in [-0.2, -0.15) is 0 Å². The van der Waals surface area contributed by atoms with Crippen molar-refractivity contribution in [2.24, 2.45) is 11.7 Å². The van der Waals surface area contributed by atoms with Crippen molar-refractivity contribution in [3.63, 3.8) is 0 Å². The molecule has 0 spiro atoms. The fourth-order valence-corrected chi connectivity index (χ4v) is 3.50. The lowest BCUT2D eigenvalue weighted by Crippen LogP contribution is -2.41. The first-order chi connectivity index (χ1) is 8.43. The van der Waals surface area contributed by atoms with Crippen LogP contribution >= 0.6 is 0 Å². The number of nitrogens with two attached hydrogens (primary N) is 1. The third kappa shape index (κ3) is 5.65. The van der Waals surface area contributed by atoms with Gasteiger partial charge >= 0.3 is 0 Å². The molecule has 0 aliphatic carbocycles. The molecule has 1 rings (SSSR count). The van der Waals surface area contributed by atoms with Gasteiger partial charge in [0.1, 0.15) is 0 Å². The van der Waals surface area contributed by atoms with Gasteiger partial charge in [0, 0.05) is 32.8 Å². The van der Waals surface area contributed by atoms with E-state index in [1.165, 1.54) is 6.26 Å². The van der Waals surface area contributed by atoms with Gasteiger partial charge in [-0.05, 0) is 38.0 Å². The van der Waals surface area contributed by atoms with Gasteiger partial charge in [0.05, 0.1) is 6.26 Å². The standard InChI is InChI=1S/C12H26N2O3S/c1-17-8-4-6-12(13)9-11-5-3-7-14(10-11)18(2,15)16/h11-12H,3-10,13H2,1-2H3. The van der Waals surface area contributed by atoms with E-state index >= 15 is 0 Å². The number of nitrogens with zero attached hydrogens (tertiary/aromatic N) is 1. The molecule has 0 radical (unpaired) electrons. The molecule has 0 aromatic rings. The van der Waals surface area contributed by atoms with Gasteiger partial charge in [-0.15, -0.1) is 0 Å². The minimum absolute atomic E-state index is 0.157. The Kier molecular flexibility index (Phi) is 6.55. The quantitative estimate of drug-likeness (QED) is 0.699. The molecule has 2 unspecified atom stereocenters. The lowest BCUT2D eigenvalue weighted by Gasteiger charge is -2.32. The first kappa shape index (κ1) is 15.9. The summed E-state index contributed by atoms with van der Waals surface area (Å²) in [6.07, 6.45) is 6.15. The van der Waals surface area contributed by atoms with Crippen LogP contribution in [0.1, 0.15) is 32.1 Å². The Labute approximate surface area is 111 Å². The fourth-order valence-electron chi connectivity index (χ4n) is 2.56. The number of methoxy groups -OCH3 is 1. The van der Waals surface area contributed by atoms with Gasteiger partial charge in [-0.25, -0.2) is 12.7 Å². The number of rotatable bonds is 7. The molecule has 108 valence electrons. The summed E-state index contributed by atoms with van der Waals surface area (Å²) >= 11 is 0. The highest BCUT2D eigenvalue weighted by Gasteiger charge is 2.26. The van der Waals surface area contributed by atoms with E-state index in [-0.39, 0.29) is 6.04 Å². The summed E-state index contributed by atoms with van der Waals surface area (Å²) in [4.78, 5) is 0. The predicted octanol–water partition coefficient (Wildman–Crippen LogP) is 0.802. The van der Waals surface area contributed by atoms with Crippen LogP contribution in [0.3, 0.4) is 0 Å². The molecule has 0 amide bonds. The summed E-state index contributed by atoms with van der Waals surface area (Å²) in [6, 6.07) is 0.157. The van der Waals surface area contributed by atoms with Gasteiger partial charge in [-0.3, -0.25) is 0 Å². The average Bonchev–Trinajstić information content (AvgIpc) is 2.28. The SMILES string of the molecule is COCCCC(N)CC1CCCN(S(C)(=O)=O)C1. The summed E-state index contributed by atoms with van der Waals surface area (Å²) in [6.45, 7) is 2.04. The molecule has 0 aromatic heterocycles. The van der Waals surface area contributed by atoms with Crippen molar-refractivity contribution < 1.29 is 13.2 Å². The minimum atomic E-state index is -3.04. The first-order valence-electron chi connectivity index (χ1n) is 6.63. The van der Waals surface area contributed by atoms with Crippen LogP contribution in [0.5, 0.6) is 0 Å². The highest BCUT2D eigenvalue weighted by molar-refractivity contribution is 7.88. The van der Waals surface area contributed by atoms with Crippen LogP contribution in [0, 0.1) is 5.92 Å². The van der Waals surface area contributed by atoms with Crippen LogP contribution in [0.15, 0.2) is 0 Å². The van der Waals surface area contributed by atoms with Crippen molar-refractivity contribution in [1.82, 2.24) is 4.31 Å². The van der Waals surface area contributed by atoms with E-state index < -0.39 is 10.0 Å². The van der Waals surface area contributed by atoms with E-state index in [0.29, 0.717) is 19.0 Å². The molecule has 0 aromatic carbocycles. The third-order valence-electron chi connectivity index (χ3n) is 3.51. The molecule has 0 saturated carbocycles. The van der Waals surface area contributed by atoms with Crippen molar-refractivity contribution in [3.05, 3.63) is 0 Å². The van der Waals surface area contributed by atoms with Crippen molar-refractivity contribution in [3.8, 4) is 0 Å². The summed E-state index contributed by atoms with van der Waals surface area (Å²) in [5, 5.41) is 0. The van der Waals surface area contributed by atoms with E-state index in [1.807, 2.05) is 0 Å². The van der Waals surface area contributed by atoms with Gasteiger partial charge in [0.25, 0.3) is 0 Å². The number of ether oxygens (including phenoxy) is 1. The summed E-state index contributed by atoms with van der Waals surface area (Å²) in [5.74, 6) is 0.408. The Hall–Kier alpha value is -0.170. The first-order valence-corrected chi connectivity index (χ1v) is 8.48.